The number of piperidine rings is 1. The molecular formula is C12H15Cl2N. The maximum absolute atomic E-state index is 6.02. The van der Waals surface area contributed by atoms with E-state index in [4.69, 9.17) is 23.2 Å². The van der Waals surface area contributed by atoms with Gasteiger partial charge in [-0.3, -0.25) is 0 Å². The van der Waals surface area contributed by atoms with E-state index in [1.807, 2.05) is 12.1 Å². The number of hydrogen-bond acceptors (Lipinski definition) is 1. The quantitative estimate of drug-likeness (QED) is 0.726. The van der Waals surface area contributed by atoms with E-state index in [0.29, 0.717) is 16.0 Å². The Bertz CT molecular complexity index is 343. The van der Waals surface area contributed by atoms with Crippen molar-refractivity contribution in [2.45, 2.75) is 18.8 Å². The molecule has 1 aromatic carbocycles. The Morgan fingerprint density at radius 2 is 1.80 bits per heavy atom. The van der Waals surface area contributed by atoms with Crippen LogP contribution >= 0.6 is 23.2 Å². The molecule has 1 fully saturated rings. The van der Waals surface area contributed by atoms with Gasteiger partial charge in [-0.15, -0.1) is 0 Å². The summed E-state index contributed by atoms with van der Waals surface area (Å²) >= 11 is 11.9. The summed E-state index contributed by atoms with van der Waals surface area (Å²) in [5.41, 5.74) is 1.33. The first-order valence-electron chi connectivity index (χ1n) is 5.30. The van der Waals surface area contributed by atoms with Crippen LogP contribution < -0.4 is 0 Å². The van der Waals surface area contributed by atoms with Gasteiger partial charge in [0.15, 0.2) is 0 Å². The van der Waals surface area contributed by atoms with Crippen molar-refractivity contribution in [3.8, 4) is 0 Å². The molecule has 1 nitrogen and oxygen atoms in total. The number of nitrogens with zero attached hydrogens (tertiary/aromatic N) is 1. The second kappa shape index (κ2) is 4.73. The van der Waals surface area contributed by atoms with Crippen molar-refractivity contribution in [1.82, 2.24) is 4.90 Å². The molecular weight excluding hydrogens is 229 g/mol. The van der Waals surface area contributed by atoms with Crippen LogP contribution in [0.5, 0.6) is 0 Å². The number of benzene rings is 1. The van der Waals surface area contributed by atoms with Gasteiger partial charge in [0.05, 0.1) is 10.0 Å². The summed E-state index contributed by atoms with van der Waals surface area (Å²) in [6, 6.07) is 6.02. The zero-order valence-electron chi connectivity index (χ0n) is 8.84. The topological polar surface area (TPSA) is 3.24 Å². The number of rotatable bonds is 1. The van der Waals surface area contributed by atoms with Crippen molar-refractivity contribution in [1.29, 1.82) is 0 Å². The molecule has 0 bridgehead atoms. The van der Waals surface area contributed by atoms with Crippen LogP contribution in [0.3, 0.4) is 0 Å². The van der Waals surface area contributed by atoms with E-state index >= 15 is 0 Å². The Morgan fingerprint density at radius 1 is 1.13 bits per heavy atom. The molecule has 0 amide bonds. The molecule has 0 aliphatic carbocycles. The molecule has 3 heteroatoms. The monoisotopic (exact) mass is 243 g/mol. The average Bonchev–Trinajstić information content (AvgIpc) is 2.23. The molecule has 1 saturated heterocycles. The van der Waals surface area contributed by atoms with Crippen LogP contribution in [0.15, 0.2) is 18.2 Å². The Hall–Kier alpha value is -0.240. The molecule has 0 aromatic heterocycles. The number of halogens is 2. The molecule has 0 unspecified atom stereocenters. The molecule has 0 N–H and O–H groups in total. The average molecular weight is 244 g/mol. The molecule has 0 atom stereocenters. The lowest BCUT2D eigenvalue weighted by molar-refractivity contribution is 0.255. The Balaban J connectivity index is 2.12. The third kappa shape index (κ3) is 2.66. The van der Waals surface area contributed by atoms with Gasteiger partial charge >= 0.3 is 0 Å². The predicted octanol–water partition coefficient (Wildman–Crippen LogP) is 3.80. The van der Waals surface area contributed by atoms with Crippen LogP contribution in [0.1, 0.15) is 24.3 Å². The van der Waals surface area contributed by atoms with Gasteiger partial charge in [-0.05, 0) is 56.6 Å². The van der Waals surface area contributed by atoms with E-state index < -0.39 is 0 Å². The Kier molecular flexibility index (Phi) is 3.55. The Labute approximate surface area is 101 Å². The first kappa shape index (κ1) is 11.3. The largest absolute Gasteiger partial charge is 0.306 e. The summed E-state index contributed by atoms with van der Waals surface area (Å²) in [6.45, 7) is 2.34. The van der Waals surface area contributed by atoms with Crippen LogP contribution in [0.4, 0.5) is 0 Å². The summed E-state index contributed by atoms with van der Waals surface area (Å²) < 4.78 is 0. The van der Waals surface area contributed by atoms with E-state index in [-0.39, 0.29) is 0 Å². The fourth-order valence-corrected chi connectivity index (χ4v) is 2.41. The van der Waals surface area contributed by atoms with Crippen LogP contribution in [0.25, 0.3) is 0 Å². The summed E-state index contributed by atoms with van der Waals surface area (Å²) in [6.07, 6.45) is 2.43. The lowest BCUT2D eigenvalue weighted by atomic mass is 9.90. The molecule has 1 aliphatic rings. The number of hydrogen-bond donors (Lipinski definition) is 0. The number of likely N-dealkylation sites (tertiary alicyclic amines) is 1. The van der Waals surface area contributed by atoms with Gasteiger partial charge < -0.3 is 4.90 Å². The fourth-order valence-electron chi connectivity index (χ4n) is 2.11. The molecule has 1 aromatic rings. The van der Waals surface area contributed by atoms with E-state index in [2.05, 4.69) is 18.0 Å². The predicted molar refractivity (Wildman–Crippen MR) is 65.9 cm³/mol. The van der Waals surface area contributed by atoms with Crippen LogP contribution in [0, 0.1) is 0 Å². The van der Waals surface area contributed by atoms with E-state index in [0.717, 1.165) is 0 Å². The second-order valence-electron chi connectivity index (χ2n) is 4.25. The third-order valence-electron chi connectivity index (χ3n) is 3.13. The highest BCUT2D eigenvalue weighted by Crippen LogP contribution is 2.31. The molecule has 1 aliphatic heterocycles. The molecule has 1 heterocycles. The van der Waals surface area contributed by atoms with Crippen molar-refractivity contribution in [2.75, 3.05) is 20.1 Å². The van der Waals surface area contributed by atoms with Crippen molar-refractivity contribution >= 4 is 23.2 Å². The molecule has 0 spiro atoms. The maximum atomic E-state index is 6.02. The van der Waals surface area contributed by atoms with Crippen LogP contribution in [0.2, 0.25) is 10.0 Å². The maximum Gasteiger partial charge on any atom is 0.0595 e. The van der Waals surface area contributed by atoms with Crippen molar-refractivity contribution in [2.24, 2.45) is 0 Å². The highest BCUT2D eigenvalue weighted by Gasteiger charge is 2.18. The first-order chi connectivity index (χ1) is 7.16. The van der Waals surface area contributed by atoms with Crippen molar-refractivity contribution < 1.29 is 0 Å². The standard InChI is InChI=1S/C12H15Cl2N/c1-15-6-4-9(5-7-15)10-2-3-11(13)12(14)8-10/h2-3,8-9H,4-7H2,1H3. The summed E-state index contributed by atoms with van der Waals surface area (Å²) in [5.74, 6) is 0.649. The minimum Gasteiger partial charge on any atom is -0.306 e. The van der Waals surface area contributed by atoms with Gasteiger partial charge in [-0.2, -0.15) is 0 Å². The van der Waals surface area contributed by atoms with Gasteiger partial charge in [-0.25, -0.2) is 0 Å². The normalized spacial score (nSPS) is 19.4. The van der Waals surface area contributed by atoms with E-state index in [1.54, 1.807) is 0 Å². The molecule has 2 rings (SSSR count). The summed E-state index contributed by atoms with van der Waals surface area (Å²) in [4.78, 5) is 2.37. The van der Waals surface area contributed by atoms with Gasteiger partial charge in [0.25, 0.3) is 0 Å². The fraction of sp³-hybridized carbons (Fsp3) is 0.500. The van der Waals surface area contributed by atoms with Crippen LogP contribution in [-0.4, -0.2) is 25.0 Å². The summed E-state index contributed by atoms with van der Waals surface area (Å²) in [5, 5.41) is 1.32. The molecule has 0 saturated carbocycles. The van der Waals surface area contributed by atoms with Gasteiger partial charge in [0.2, 0.25) is 0 Å². The van der Waals surface area contributed by atoms with Crippen molar-refractivity contribution in [3.63, 3.8) is 0 Å². The van der Waals surface area contributed by atoms with Gasteiger partial charge in [0, 0.05) is 0 Å². The first-order valence-corrected chi connectivity index (χ1v) is 6.06. The van der Waals surface area contributed by atoms with Gasteiger partial charge in [0.1, 0.15) is 0 Å². The lowest BCUT2D eigenvalue weighted by Crippen LogP contribution is -2.29. The third-order valence-corrected chi connectivity index (χ3v) is 3.87. The molecule has 82 valence electrons. The molecule has 15 heavy (non-hydrogen) atoms. The van der Waals surface area contributed by atoms with Crippen LogP contribution in [-0.2, 0) is 0 Å². The molecule has 0 radical (unpaired) electrons. The zero-order chi connectivity index (χ0) is 10.8. The van der Waals surface area contributed by atoms with Gasteiger partial charge in [-0.1, -0.05) is 29.3 Å². The SMILES string of the molecule is CN1CCC(c2ccc(Cl)c(Cl)c2)CC1. The van der Waals surface area contributed by atoms with E-state index in [9.17, 15) is 0 Å². The smallest absolute Gasteiger partial charge is 0.0595 e. The van der Waals surface area contributed by atoms with Crippen molar-refractivity contribution in [3.05, 3.63) is 33.8 Å². The highest BCUT2D eigenvalue weighted by molar-refractivity contribution is 6.42. The minimum absolute atomic E-state index is 0.647. The second-order valence-corrected chi connectivity index (χ2v) is 5.07. The Morgan fingerprint density at radius 3 is 2.40 bits per heavy atom. The summed E-state index contributed by atoms with van der Waals surface area (Å²) in [7, 11) is 2.17. The highest BCUT2D eigenvalue weighted by atomic mass is 35.5. The lowest BCUT2D eigenvalue weighted by Gasteiger charge is -2.29. The zero-order valence-corrected chi connectivity index (χ0v) is 10.4. The minimum atomic E-state index is 0.647. The van der Waals surface area contributed by atoms with E-state index in [1.165, 1.54) is 31.5 Å².